The molecule has 1 amide bonds. The Kier molecular flexibility index (Phi) is 9.80. The molecule has 1 atom stereocenters. The molecule has 1 aliphatic rings. The van der Waals surface area contributed by atoms with Crippen molar-refractivity contribution in [3.63, 3.8) is 0 Å². The average molecular weight is 525 g/mol. The number of amides is 1. The Balaban J connectivity index is 2.10. The molecule has 0 saturated carbocycles. The number of aryl methyl sites for hydroxylation is 1. The number of ketones is 1. The van der Waals surface area contributed by atoms with Gasteiger partial charge in [0.25, 0.3) is 11.7 Å². The molecular formula is C30H40N2O6. The third kappa shape index (κ3) is 6.48. The third-order valence-corrected chi connectivity index (χ3v) is 6.37. The number of carbonyl (C=O) groups is 2. The highest BCUT2D eigenvalue weighted by atomic mass is 16.5. The molecule has 0 aliphatic carbocycles. The van der Waals surface area contributed by atoms with Crippen LogP contribution in [-0.2, 0) is 9.59 Å². The van der Waals surface area contributed by atoms with Crippen LogP contribution in [0.15, 0.2) is 42.0 Å². The van der Waals surface area contributed by atoms with Crippen LogP contribution in [0, 0.1) is 12.8 Å². The number of aliphatic hydroxyl groups is 1. The normalized spacial score (nSPS) is 17.0. The summed E-state index contributed by atoms with van der Waals surface area (Å²) in [5.41, 5.74) is 1.99. The zero-order valence-electron chi connectivity index (χ0n) is 23.5. The SMILES string of the molecule is CCOc1ccc([C@H]2C(=C(O)c3ccc(OCC(C)C)c(C)c3)C(=O)C(=O)N2CCCN(C)C)cc1OC. The highest BCUT2D eigenvalue weighted by Gasteiger charge is 2.46. The molecule has 0 aromatic heterocycles. The summed E-state index contributed by atoms with van der Waals surface area (Å²) in [6, 6.07) is 9.86. The van der Waals surface area contributed by atoms with Crippen LogP contribution in [0.2, 0.25) is 0 Å². The van der Waals surface area contributed by atoms with E-state index in [1.165, 1.54) is 0 Å². The van der Waals surface area contributed by atoms with Crippen molar-refractivity contribution < 1.29 is 28.9 Å². The van der Waals surface area contributed by atoms with Gasteiger partial charge in [-0.05, 0) is 88.3 Å². The number of Topliss-reactive ketones (excluding diaryl/α,β-unsaturated/α-hetero) is 1. The minimum Gasteiger partial charge on any atom is -0.507 e. The summed E-state index contributed by atoms with van der Waals surface area (Å²) in [6.45, 7) is 10.1. The van der Waals surface area contributed by atoms with Gasteiger partial charge >= 0.3 is 0 Å². The predicted octanol–water partition coefficient (Wildman–Crippen LogP) is 4.81. The molecule has 0 radical (unpaired) electrons. The number of rotatable bonds is 12. The van der Waals surface area contributed by atoms with E-state index >= 15 is 0 Å². The quantitative estimate of drug-likeness (QED) is 0.242. The zero-order valence-corrected chi connectivity index (χ0v) is 23.5. The minimum atomic E-state index is -0.765. The van der Waals surface area contributed by atoms with Crippen LogP contribution >= 0.6 is 0 Å². The van der Waals surface area contributed by atoms with Crippen LogP contribution in [0.5, 0.6) is 17.2 Å². The molecule has 1 aliphatic heterocycles. The van der Waals surface area contributed by atoms with Crippen molar-refractivity contribution in [2.75, 3.05) is 47.5 Å². The summed E-state index contributed by atoms with van der Waals surface area (Å²) in [5.74, 6) is 0.598. The topological polar surface area (TPSA) is 88.5 Å². The Hall–Kier alpha value is -3.52. The van der Waals surface area contributed by atoms with Crippen molar-refractivity contribution in [3.8, 4) is 17.2 Å². The first kappa shape index (κ1) is 29.0. The molecule has 206 valence electrons. The van der Waals surface area contributed by atoms with Crippen molar-refractivity contribution in [3.05, 3.63) is 58.7 Å². The smallest absolute Gasteiger partial charge is 0.295 e. The van der Waals surface area contributed by atoms with E-state index in [0.717, 1.165) is 12.1 Å². The maximum Gasteiger partial charge on any atom is 0.295 e. The van der Waals surface area contributed by atoms with Crippen LogP contribution < -0.4 is 14.2 Å². The lowest BCUT2D eigenvalue weighted by atomic mass is 9.94. The van der Waals surface area contributed by atoms with E-state index in [-0.39, 0.29) is 11.3 Å². The molecular weight excluding hydrogens is 484 g/mol. The number of hydrogen-bond acceptors (Lipinski definition) is 7. The molecule has 2 aromatic carbocycles. The Morgan fingerprint density at radius 1 is 1.05 bits per heavy atom. The molecule has 1 saturated heterocycles. The van der Waals surface area contributed by atoms with Gasteiger partial charge in [-0.3, -0.25) is 9.59 Å². The molecule has 0 unspecified atom stereocenters. The van der Waals surface area contributed by atoms with Crippen molar-refractivity contribution >= 4 is 17.4 Å². The number of carbonyl (C=O) groups excluding carboxylic acids is 2. The second-order valence-corrected chi connectivity index (χ2v) is 10.2. The second-order valence-electron chi connectivity index (χ2n) is 10.2. The molecule has 1 fully saturated rings. The fourth-order valence-corrected chi connectivity index (χ4v) is 4.51. The van der Waals surface area contributed by atoms with E-state index in [2.05, 4.69) is 13.8 Å². The number of methoxy groups -OCH3 is 1. The second kappa shape index (κ2) is 12.8. The minimum absolute atomic E-state index is 0.0568. The van der Waals surface area contributed by atoms with Crippen LogP contribution in [0.25, 0.3) is 5.76 Å². The maximum atomic E-state index is 13.4. The molecule has 8 heteroatoms. The Bertz CT molecular complexity index is 1190. The van der Waals surface area contributed by atoms with Gasteiger partial charge in [-0.15, -0.1) is 0 Å². The summed E-state index contributed by atoms with van der Waals surface area (Å²) in [5, 5.41) is 11.4. The number of aliphatic hydroxyl groups excluding tert-OH is 1. The van der Waals surface area contributed by atoms with E-state index in [1.54, 1.807) is 42.3 Å². The maximum absolute atomic E-state index is 13.4. The fraction of sp³-hybridized carbons (Fsp3) is 0.467. The zero-order chi connectivity index (χ0) is 28.0. The first-order chi connectivity index (χ1) is 18.1. The van der Waals surface area contributed by atoms with Crippen molar-refractivity contribution in [1.29, 1.82) is 0 Å². The van der Waals surface area contributed by atoms with E-state index < -0.39 is 17.7 Å². The first-order valence-corrected chi connectivity index (χ1v) is 13.1. The predicted molar refractivity (Wildman–Crippen MR) is 148 cm³/mol. The highest BCUT2D eigenvalue weighted by molar-refractivity contribution is 6.46. The van der Waals surface area contributed by atoms with E-state index in [0.29, 0.717) is 60.5 Å². The van der Waals surface area contributed by atoms with Crippen molar-refractivity contribution in [2.45, 2.75) is 40.2 Å². The lowest BCUT2D eigenvalue weighted by molar-refractivity contribution is -0.139. The number of ether oxygens (including phenoxy) is 3. The van der Waals surface area contributed by atoms with Crippen LogP contribution in [-0.4, -0.2) is 74.1 Å². The highest BCUT2D eigenvalue weighted by Crippen LogP contribution is 2.42. The lowest BCUT2D eigenvalue weighted by Gasteiger charge is -2.26. The van der Waals surface area contributed by atoms with Crippen LogP contribution in [0.1, 0.15) is 49.9 Å². The monoisotopic (exact) mass is 524 g/mol. The van der Waals surface area contributed by atoms with E-state index in [4.69, 9.17) is 14.2 Å². The van der Waals surface area contributed by atoms with Gasteiger partial charge in [-0.1, -0.05) is 19.9 Å². The Morgan fingerprint density at radius 2 is 1.76 bits per heavy atom. The van der Waals surface area contributed by atoms with Crippen molar-refractivity contribution in [1.82, 2.24) is 9.80 Å². The molecule has 0 bridgehead atoms. The summed E-state index contributed by atoms with van der Waals surface area (Å²) in [7, 11) is 5.46. The molecule has 1 N–H and O–H groups in total. The first-order valence-electron chi connectivity index (χ1n) is 13.1. The third-order valence-electron chi connectivity index (χ3n) is 6.37. The molecule has 3 rings (SSSR count). The summed E-state index contributed by atoms with van der Waals surface area (Å²) >= 11 is 0. The summed E-state index contributed by atoms with van der Waals surface area (Å²) < 4.78 is 17.1. The Morgan fingerprint density at radius 3 is 2.37 bits per heavy atom. The van der Waals surface area contributed by atoms with Gasteiger partial charge in [0.15, 0.2) is 11.5 Å². The molecule has 38 heavy (non-hydrogen) atoms. The van der Waals surface area contributed by atoms with Gasteiger partial charge in [0.2, 0.25) is 0 Å². The van der Waals surface area contributed by atoms with Crippen LogP contribution in [0.4, 0.5) is 0 Å². The standard InChI is InChI=1S/C30H40N2O6/c1-8-37-24-13-10-21(17-25(24)36-7)27-26(29(34)30(35)32(27)15-9-14-31(5)6)28(33)22-11-12-23(20(4)16-22)38-18-19(2)3/h10-13,16-17,19,27,33H,8-9,14-15,18H2,1-7H3/t27-/m0/s1. The van der Waals surface area contributed by atoms with Gasteiger partial charge < -0.3 is 29.1 Å². The average Bonchev–Trinajstić information content (AvgIpc) is 3.12. The van der Waals surface area contributed by atoms with E-state index in [9.17, 15) is 14.7 Å². The Labute approximate surface area is 225 Å². The lowest BCUT2D eigenvalue weighted by Crippen LogP contribution is -2.32. The number of hydrogen-bond donors (Lipinski definition) is 1. The molecule has 8 nitrogen and oxygen atoms in total. The number of benzene rings is 2. The number of nitrogens with zero attached hydrogens (tertiary/aromatic N) is 2. The van der Waals surface area contributed by atoms with Gasteiger partial charge in [-0.2, -0.15) is 0 Å². The molecule has 1 heterocycles. The van der Waals surface area contributed by atoms with Crippen molar-refractivity contribution in [2.24, 2.45) is 5.92 Å². The fourth-order valence-electron chi connectivity index (χ4n) is 4.51. The van der Waals surface area contributed by atoms with Crippen LogP contribution in [0.3, 0.4) is 0 Å². The van der Waals surface area contributed by atoms with Gasteiger partial charge in [-0.25, -0.2) is 0 Å². The van der Waals surface area contributed by atoms with Gasteiger partial charge in [0, 0.05) is 12.1 Å². The van der Waals surface area contributed by atoms with Gasteiger partial charge in [0.1, 0.15) is 11.5 Å². The summed E-state index contributed by atoms with van der Waals surface area (Å²) in [4.78, 5) is 30.2. The molecule has 2 aromatic rings. The summed E-state index contributed by atoms with van der Waals surface area (Å²) in [6.07, 6.45) is 0.672. The molecule has 0 spiro atoms. The van der Waals surface area contributed by atoms with E-state index in [1.807, 2.05) is 38.9 Å². The van der Waals surface area contributed by atoms with Gasteiger partial charge in [0.05, 0.1) is 31.9 Å². The number of likely N-dealkylation sites (tertiary alicyclic amines) is 1. The largest absolute Gasteiger partial charge is 0.507 e.